The first-order valence-electron chi connectivity index (χ1n) is 6.67. The van der Waals surface area contributed by atoms with E-state index >= 15 is 0 Å². The first kappa shape index (κ1) is 13.2. The molecule has 0 spiro atoms. The molecular formula is C13H22N4O. The Morgan fingerprint density at radius 2 is 2.33 bits per heavy atom. The van der Waals surface area contributed by atoms with Crippen LogP contribution < -0.4 is 10.2 Å². The molecular weight excluding hydrogens is 228 g/mol. The minimum absolute atomic E-state index is 0.260. The van der Waals surface area contributed by atoms with Crippen molar-refractivity contribution in [2.45, 2.75) is 32.9 Å². The SMILES string of the molecule is CCNCc1cnc(N2CCCOC(C)C2)cn1. The van der Waals surface area contributed by atoms with Gasteiger partial charge in [-0.25, -0.2) is 4.98 Å². The van der Waals surface area contributed by atoms with Crippen molar-refractivity contribution < 1.29 is 4.74 Å². The molecule has 1 atom stereocenters. The Hall–Kier alpha value is -1.20. The number of anilines is 1. The molecule has 0 aliphatic carbocycles. The Morgan fingerprint density at radius 1 is 1.44 bits per heavy atom. The van der Waals surface area contributed by atoms with E-state index in [-0.39, 0.29) is 6.10 Å². The summed E-state index contributed by atoms with van der Waals surface area (Å²) in [5.74, 6) is 0.951. The molecule has 18 heavy (non-hydrogen) atoms. The topological polar surface area (TPSA) is 50.3 Å². The van der Waals surface area contributed by atoms with Crippen molar-refractivity contribution in [2.24, 2.45) is 0 Å². The fourth-order valence-corrected chi connectivity index (χ4v) is 2.06. The van der Waals surface area contributed by atoms with Gasteiger partial charge < -0.3 is 15.0 Å². The molecule has 1 aromatic heterocycles. The van der Waals surface area contributed by atoms with Gasteiger partial charge in [0, 0.05) is 26.2 Å². The Kier molecular flexibility index (Phi) is 4.90. The van der Waals surface area contributed by atoms with Gasteiger partial charge in [0.2, 0.25) is 0 Å². The lowest BCUT2D eigenvalue weighted by atomic mass is 10.3. The quantitative estimate of drug-likeness (QED) is 0.870. The Bertz CT molecular complexity index is 355. The highest BCUT2D eigenvalue weighted by Crippen LogP contribution is 2.14. The van der Waals surface area contributed by atoms with Crippen LogP contribution in [-0.4, -0.2) is 42.3 Å². The number of ether oxygens (including phenoxy) is 1. The highest BCUT2D eigenvalue weighted by molar-refractivity contribution is 5.36. The lowest BCUT2D eigenvalue weighted by Gasteiger charge is -2.22. The Morgan fingerprint density at radius 3 is 3.06 bits per heavy atom. The van der Waals surface area contributed by atoms with Gasteiger partial charge in [-0.3, -0.25) is 4.98 Å². The highest BCUT2D eigenvalue weighted by Gasteiger charge is 2.16. The van der Waals surface area contributed by atoms with Crippen molar-refractivity contribution in [3.05, 3.63) is 18.1 Å². The van der Waals surface area contributed by atoms with E-state index in [1.165, 1.54) is 0 Å². The number of aromatic nitrogens is 2. The molecule has 100 valence electrons. The predicted octanol–water partition coefficient (Wildman–Crippen LogP) is 1.20. The summed E-state index contributed by atoms with van der Waals surface area (Å²) in [6, 6.07) is 0. The van der Waals surface area contributed by atoms with Gasteiger partial charge in [0.1, 0.15) is 5.82 Å². The molecule has 5 heteroatoms. The molecule has 0 saturated carbocycles. The molecule has 1 fully saturated rings. The van der Waals surface area contributed by atoms with Crippen LogP contribution in [0.1, 0.15) is 26.0 Å². The predicted molar refractivity (Wildman–Crippen MR) is 71.7 cm³/mol. The van der Waals surface area contributed by atoms with Gasteiger partial charge in [-0.15, -0.1) is 0 Å². The lowest BCUT2D eigenvalue weighted by Crippen LogP contribution is -2.31. The van der Waals surface area contributed by atoms with E-state index in [9.17, 15) is 0 Å². The molecule has 0 aromatic carbocycles. The summed E-state index contributed by atoms with van der Waals surface area (Å²) < 4.78 is 5.63. The number of nitrogens with one attached hydrogen (secondary N) is 1. The average molecular weight is 250 g/mol. The molecule has 1 unspecified atom stereocenters. The van der Waals surface area contributed by atoms with Crippen LogP contribution in [0.25, 0.3) is 0 Å². The second-order valence-electron chi connectivity index (χ2n) is 4.63. The first-order valence-corrected chi connectivity index (χ1v) is 6.67. The van der Waals surface area contributed by atoms with Crippen molar-refractivity contribution in [1.82, 2.24) is 15.3 Å². The maximum absolute atomic E-state index is 5.63. The molecule has 1 N–H and O–H groups in total. The molecule has 2 rings (SSSR count). The van der Waals surface area contributed by atoms with Crippen LogP contribution in [0.15, 0.2) is 12.4 Å². The third kappa shape index (κ3) is 3.65. The third-order valence-corrected chi connectivity index (χ3v) is 3.02. The fraction of sp³-hybridized carbons (Fsp3) is 0.692. The number of nitrogens with zero attached hydrogens (tertiary/aromatic N) is 3. The summed E-state index contributed by atoms with van der Waals surface area (Å²) in [7, 11) is 0. The van der Waals surface area contributed by atoms with E-state index in [2.05, 4.69) is 34.0 Å². The van der Waals surface area contributed by atoms with E-state index in [4.69, 9.17) is 4.74 Å². The lowest BCUT2D eigenvalue weighted by molar-refractivity contribution is 0.0820. The fourth-order valence-electron chi connectivity index (χ4n) is 2.06. The van der Waals surface area contributed by atoms with Crippen LogP contribution in [-0.2, 0) is 11.3 Å². The van der Waals surface area contributed by atoms with Crippen molar-refractivity contribution in [3.63, 3.8) is 0 Å². The first-order chi connectivity index (χ1) is 8.79. The average Bonchev–Trinajstić information content (AvgIpc) is 2.62. The van der Waals surface area contributed by atoms with Crippen LogP contribution in [0.5, 0.6) is 0 Å². The maximum atomic E-state index is 5.63. The van der Waals surface area contributed by atoms with Gasteiger partial charge in [-0.2, -0.15) is 0 Å². The second-order valence-corrected chi connectivity index (χ2v) is 4.63. The van der Waals surface area contributed by atoms with E-state index in [1.54, 1.807) is 0 Å². The molecule has 1 aliphatic rings. The summed E-state index contributed by atoms with van der Waals surface area (Å²) in [5.41, 5.74) is 0.986. The summed E-state index contributed by atoms with van der Waals surface area (Å²) in [4.78, 5) is 11.2. The zero-order valence-corrected chi connectivity index (χ0v) is 11.2. The van der Waals surface area contributed by atoms with Gasteiger partial charge in [0.05, 0.1) is 24.2 Å². The monoisotopic (exact) mass is 250 g/mol. The standard InChI is InChI=1S/C13H22N4O/c1-3-14-7-12-8-16-13(9-15-12)17-5-4-6-18-11(2)10-17/h8-9,11,14H,3-7,10H2,1-2H3. The van der Waals surface area contributed by atoms with Crippen molar-refractivity contribution in [3.8, 4) is 0 Å². The summed E-state index contributed by atoms with van der Waals surface area (Å²) in [6.45, 7) is 8.63. The molecule has 1 aliphatic heterocycles. The molecule has 2 heterocycles. The zero-order valence-electron chi connectivity index (χ0n) is 11.2. The van der Waals surface area contributed by atoms with E-state index in [0.717, 1.165) is 50.7 Å². The van der Waals surface area contributed by atoms with Crippen LogP contribution in [0.4, 0.5) is 5.82 Å². The Labute approximate surface area is 109 Å². The Balaban J connectivity index is 1.99. The van der Waals surface area contributed by atoms with Gasteiger partial charge in [-0.05, 0) is 19.9 Å². The van der Waals surface area contributed by atoms with Crippen molar-refractivity contribution in [2.75, 3.05) is 31.1 Å². The third-order valence-electron chi connectivity index (χ3n) is 3.02. The van der Waals surface area contributed by atoms with Gasteiger partial charge in [0.25, 0.3) is 0 Å². The van der Waals surface area contributed by atoms with E-state index in [1.807, 2.05) is 12.4 Å². The van der Waals surface area contributed by atoms with Gasteiger partial charge in [-0.1, -0.05) is 6.92 Å². The maximum Gasteiger partial charge on any atom is 0.147 e. The molecule has 1 aromatic rings. The summed E-state index contributed by atoms with van der Waals surface area (Å²) in [5, 5.41) is 3.24. The van der Waals surface area contributed by atoms with Crippen LogP contribution >= 0.6 is 0 Å². The minimum atomic E-state index is 0.260. The molecule has 5 nitrogen and oxygen atoms in total. The molecule has 1 saturated heterocycles. The number of hydrogen-bond acceptors (Lipinski definition) is 5. The van der Waals surface area contributed by atoms with Gasteiger partial charge >= 0.3 is 0 Å². The zero-order chi connectivity index (χ0) is 12.8. The van der Waals surface area contributed by atoms with Crippen molar-refractivity contribution >= 4 is 5.82 Å². The van der Waals surface area contributed by atoms with Crippen LogP contribution in [0, 0.1) is 0 Å². The summed E-state index contributed by atoms with van der Waals surface area (Å²) >= 11 is 0. The van der Waals surface area contributed by atoms with Crippen LogP contribution in [0.2, 0.25) is 0 Å². The highest BCUT2D eigenvalue weighted by atomic mass is 16.5. The molecule has 0 amide bonds. The number of hydrogen-bond donors (Lipinski definition) is 1. The molecule has 0 radical (unpaired) electrons. The largest absolute Gasteiger partial charge is 0.377 e. The van der Waals surface area contributed by atoms with E-state index < -0.39 is 0 Å². The summed E-state index contributed by atoms with van der Waals surface area (Å²) in [6.07, 6.45) is 5.03. The van der Waals surface area contributed by atoms with Crippen LogP contribution in [0.3, 0.4) is 0 Å². The number of rotatable bonds is 4. The minimum Gasteiger partial charge on any atom is -0.377 e. The molecule has 0 bridgehead atoms. The van der Waals surface area contributed by atoms with Gasteiger partial charge in [0.15, 0.2) is 0 Å². The normalized spacial score (nSPS) is 20.8. The van der Waals surface area contributed by atoms with Crippen molar-refractivity contribution in [1.29, 1.82) is 0 Å². The van der Waals surface area contributed by atoms with E-state index in [0.29, 0.717) is 0 Å². The smallest absolute Gasteiger partial charge is 0.147 e. The second kappa shape index (κ2) is 6.66.